The Kier molecular flexibility index (Phi) is 5.48. The van der Waals surface area contributed by atoms with Crippen molar-refractivity contribution >= 4 is 34.1 Å². The first-order chi connectivity index (χ1) is 14.9. The number of nitrogens with zero attached hydrogens (tertiary/aromatic N) is 2. The van der Waals surface area contributed by atoms with Crippen LogP contribution in [0.3, 0.4) is 0 Å². The number of amides is 1. The Morgan fingerprint density at radius 2 is 1.84 bits per heavy atom. The predicted molar refractivity (Wildman–Crippen MR) is 123 cm³/mol. The lowest BCUT2D eigenvalue weighted by Crippen LogP contribution is -2.22. The maximum absolute atomic E-state index is 13.0. The van der Waals surface area contributed by atoms with E-state index in [0.717, 1.165) is 5.56 Å². The van der Waals surface area contributed by atoms with Gasteiger partial charge in [-0.2, -0.15) is 0 Å². The number of nitrogens with one attached hydrogen (secondary N) is 1. The van der Waals surface area contributed by atoms with Gasteiger partial charge in [0.15, 0.2) is 0 Å². The van der Waals surface area contributed by atoms with E-state index in [4.69, 9.17) is 16.3 Å². The summed E-state index contributed by atoms with van der Waals surface area (Å²) in [5.74, 6) is 0.681. The molecule has 0 bridgehead atoms. The monoisotopic (exact) mass is 433 g/mol. The van der Waals surface area contributed by atoms with Crippen molar-refractivity contribution in [1.82, 2.24) is 9.55 Å². The average molecular weight is 434 g/mol. The second-order valence-electron chi connectivity index (χ2n) is 7.11. The lowest BCUT2D eigenvalue weighted by atomic mass is 10.1. The van der Waals surface area contributed by atoms with Crippen LogP contribution in [-0.2, 0) is 0 Å². The molecule has 0 spiro atoms. The number of halogens is 1. The first-order valence-electron chi connectivity index (χ1n) is 9.63. The number of aromatic nitrogens is 2. The maximum Gasteiger partial charge on any atom is 0.265 e. The summed E-state index contributed by atoms with van der Waals surface area (Å²) >= 11 is 6.04. The lowest BCUT2D eigenvalue weighted by molar-refractivity contribution is 0.102. The minimum atomic E-state index is -0.337. The topological polar surface area (TPSA) is 73.2 Å². The zero-order valence-corrected chi connectivity index (χ0v) is 18.0. The van der Waals surface area contributed by atoms with Gasteiger partial charge in [0.1, 0.15) is 11.6 Å². The van der Waals surface area contributed by atoms with Crippen LogP contribution in [0.5, 0.6) is 5.75 Å². The van der Waals surface area contributed by atoms with E-state index in [0.29, 0.717) is 44.4 Å². The van der Waals surface area contributed by atoms with Crippen LogP contribution in [0.4, 0.5) is 5.69 Å². The highest BCUT2D eigenvalue weighted by molar-refractivity contribution is 6.31. The van der Waals surface area contributed by atoms with Crippen molar-refractivity contribution in [2.24, 2.45) is 0 Å². The maximum atomic E-state index is 13.0. The standard InChI is InChI=1S/C24H20ClN3O3/c1-14-12-17(28-15(2)26-21-7-5-4-6-18(21)24(28)30)9-10-20(14)27-23(29)19-13-16(25)8-11-22(19)31-3/h4-13H,1-3H3,(H,27,29). The summed E-state index contributed by atoms with van der Waals surface area (Å²) in [6.45, 7) is 3.66. The number of hydrogen-bond acceptors (Lipinski definition) is 4. The Balaban J connectivity index is 1.70. The molecular formula is C24H20ClN3O3. The fourth-order valence-corrected chi connectivity index (χ4v) is 3.69. The van der Waals surface area contributed by atoms with E-state index in [2.05, 4.69) is 10.3 Å². The first-order valence-corrected chi connectivity index (χ1v) is 10.0. The van der Waals surface area contributed by atoms with Gasteiger partial charge >= 0.3 is 0 Å². The molecule has 0 saturated carbocycles. The van der Waals surface area contributed by atoms with Crippen LogP contribution in [0.2, 0.25) is 5.02 Å². The van der Waals surface area contributed by atoms with Crippen molar-refractivity contribution in [2.75, 3.05) is 12.4 Å². The van der Waals surface area contributed by atoms with E-state index in [-0.39, 0.29) is 11.5 Å². The molecule has 0 aliphatic rings. The van der Waals surface area contributed by atoms with Crippen LogP contribution < -0.4 is 15.6 Å². The van der Waals surface area contributed by atoms with E-state index in [1.165, 1.54) is 7.11 Å². The summed E-state index contributed by atoms with van der Waals surface area (Å²) in [4.78, 5) is 30.4. The molecule has 1 aromatic heterocycles. The Bertz CT molecular complexity index is 1380. The summed E-state index contributed by atoms with van der Waals surface area (Å²) < 4.78 is 6.83. The van der Waals surface area contributed by atoms with Gasteiger partial charge in [-0.1, -0.05) is 23.7 Å². The number of ether oxygens (including phenoxy) is 1. The minimum Gasteiger partial charge on any atom is -0.496 e. The highest BCUT2D eigenvalue weighted by atomic mass is 35.5. The molecule has 0 unspecified atom stereocenters. The van der Waals surface area contributed by atoms with Crippen molar-refractivity contribution in [3.8, 4) is 11.4 Å². The Morgan fingerprint density at radius 3 is 2.58 bits per heavy atom. The third kappa shape index (κ3) is 3.90. The van der Waals surface area contributed by atoms with Gasteiger partial charge in [0.2, 0.25) is 0 Å². The third-order valence-corrected chi connectivity index (χ3v) is 5.30. The molecule has 6 nitrogen and oxygen atoms in total. The van der Waals surface area contributed by atoms with Crippen molar-refractivity contribution in [2.45, 2.75) is 13.8 Å². The van der Waals surface area contributed by atoms with Crippen LogP contribution in [0, 0.1) is 13.8 Å². The lowest BCUT2D eigenvalue weighted by Gasteiger charge is -2.15. The number of carbonyl (C=O) groups is 1. The molecule has 4 rings (SSSR count). The third-order valence-electron chi connectivity index (χ3n) is 5.07. The highest BCUT2D eigenvalue weighted by Crippen LogP contribution is 2.25. The zero-order valence-electron chi connectivity index (χ0n) is 17.3. The van der Waals surface area contributed by atoms with Gasteiger partial charge in [-0.15, -0.1) is 0 Å². The molecule has 156 valence electrons. The number of aryl methyl sites for hydroxylation is 2. The number of anilines is 1. The predicted octanol–water partition coefficient (Wildman–Crippen LogP) is 4.92. The van der Waals surface area contributed by atoms with E-state index in [9.17, 15) is 9.59 Å². The van der Waals surface area contributed by atoms with Crippen molar-refractivity contribution in [3.63, 3.8) is 0 Å². The summed E-state index contributed by atoms with van der Waals surface area (Å²) in [6, 6.07) is 17.5. The van der Waals surface area contributed by atoms with Crippen LogP contribution >= 0.6 is 11.6 Å². The SMILES string of the molecule is COc1ccc(Cl)cc1C(=O)Nc1ccc(-n2c(C)nc3ccccc3c2=O)cc1C. The smallest absolute Gasteiger partial charge is 0.265 e. The Morgan fingerprint density at radius 1 is 1.06 bits per heavy atom. The fraction of sp³-hybridized carbons (Fsp3) is 0.125. The largest absolute Gasteiger partial charge is 0.496 e. The Labute approximate surface area is 184 Å². The summed E-state index contributed by atoms with van der Waals surface area (Å²) in [5.41, 5.74) is 2.96. The van der Waals surface area contributed by atoms with Gasteiger partial charge in [0.05, 0.1) is 29.3 Å². The molecule has 0 aliphatic carbocycles. The van der Waals surface area contributed by atoms with Crippen LogP contribution in [0.25, 0.3) is 16.6 Å². The summed E-state index contributed by atoms with van der Waals surface area (Å²) in [6.07, 6.45) is 0. The highest BCUT2D eigenvalue weighted by Gasteiger charge is 2.15. The first kappa shape index (κ1) is 20.6. The van der Waals surface area contributed by atoms with E-state index in [1.54, 1.807) is 47.9 Å². The van der Waals surface area contributed by atoms with E-state index in [1.807, 2.05) is 31.2 Å². The van der Waals surface area contributed by atoms with E-state index < -0.39 is 0 Å². The summed E-state index contributed by atoms with van der Waals surface area (Å²) in [7, 11) is 1.50. The van der Waals surface area contributed by atoms with Gasteiger partial charge in [0.25, 0.3) is 11.5 Å². The Hall–Kier alpha value is -3.64. The van der Waals surface area contributed by atoms with Gasteiger partial charge in [-0.3, -0.25) is 14.2 Å². The number of methoxy groups -OCH3 is 1. The fourth-order valence-electron chi connectivity index (χ4n) is 3.52. The zero-order chi connectivity index (χ0) is 22.1. The molecule has 1 N–H and O–H groups in total. The normalized spacial score (nSPS) is 10.8. The van der Waals surface area contributed by atoms with Gasteiger partial charge in [-0.25, -0.2) is 4.98 Å². The number of para-hydroxylation sites is 1. The molecule has 1 heterocycles. The molecule has 0 aliphatic heterocycles. The molecule has 7 heteroatoms. The van der Waals surface area contributed by atoms with Gasteiger partial charge < -0.3 is 10.1 Å². The molecule has 1 amide bonds. The molecular weight excluding hydrogens is 414 g/mol. The minimum absolute atomic E-state index is 0.136. The summed E-state index contributed by atoms with van der Waals surface area (Å²) in [5, 5.41) is 3.88. The van der Waals surface area contributed by atoms with Crippen LogP contribution in [0.1, 0.15) is 21.7 Å². The number of hydrogen-bond donors (Lipinski definition) is 1. The molecule has 0 fully saturated rings. The number of benzene rings is 3. The number of fused-ring (bicyclic) bond motifs is 1. The second-order valence-corrected chi connectivity index (χ2v) is 7.55. The number of rotatable bonds is 4. The molecule has 0 atom stereocenters. The molecule has 0 saturated heterocycles. The van der Waals surface area contributed by atoms with Gasteiger partial charge in [-0.05, 0) is 67.9 Å². The van der Waals surface area contributed by atoms with Crippen molar-refractivity contribution < 1.29 is 9.53 Å². The van der Waals surface area contributed by atoms with E-state index >= 15 is 0 Å². The molecule has 4 aromatic rings. The average Bonchev–Trinajstić information content (AvgIpc) is 2.75. The van der Waals surface area contributed by atoms with Crippen molar-refractivity contribution in [1.29, 1.82) is 0 Å². The van der Waals surface area contributed by atoms with Gasteiger partial charge in [0, 0.05) is 10.7 Å². The van der Waals surface area contributed by atoms with Crippen LogP contribution in [-0.4, -0.2) is 22.6 Å². The number of carbonyl (C=O) groups excluding carboxylic acids is 1. The molecule has 3 aromatic carbocycles. The quantitative estimate of drug-likeness (QED) is 0.496. The second kappa shape index (κ2) is 8.24. The molecule has 31 heavy (non-hydrogen) atoms. The molecule has 0 radical (unpaired) electrons. The van der Waals surface area contributed by atoms with Crippen molar-refractivity contribution in [3.05, 3.63) is 93.0 Å². The van der Waals surface area contributed by atoms with Crippen LogP contribution in [0.15, 0.2) is 65.5 Å².